The van der Waals surface area contributed by atoms with Crippen LogP contribution in [0.3, 0.4) is 0 Å². The lowest BCUT2D eigenvalue weighted by atomic mass is 9.99. The van der Waals surface area contributed by atoms with E-state index in [1.54, 1.807) is 25.1 Å². The lowest BCUT2D eigenvalue weighted by Gasteiger charge is -2.25. The molecular formula is C12H15N3O4. The van der Waals surface area contributed by atoms with Gasteiger partial charge in [0.25, 0.3) is 5.91 Å². The smallest absolute Gasteiger partial charge is 0.322 e. The second-order valence-electron chi connectivity index (χ2n) is 4.39. The van der Waals surface area contributed by atoms with Gasteiger partial charge in [-0.05, 0) is 24.6 Å². The van der Waals surface area contributed by atoms with Gasteiger partial charge in [-0.2, -0.15) is 0 Å². The van der Waals surface area contributed by atoms with Gasteiger partial charge in [0.2, 0.25) is 0 Å². The zero-order valence-electron chi connectivity index (χ0n) is 10.3. The van der Waals surface area contributed by atoms with Crippen LogP contribution in [0.15, 0.2) is 18.2 Å². The molecule has 6 N–H and O–H groups in total. The largest absolute Gasteiger partial charge is 0.480 e. The predicted molar refractivity (Wildman–Crippen MR) is 67.7 cm³/mol. The van der Waals surface area contributed by atoms with Crippen LogP contribution in [0.1, 0.15) is 18.5 Å². The molecule has 3 atom stereocenters. The van der Waals surface area contributed by atoms with Gasteiger partial charge in [0.05, 0.1) is 11.7 Å². The first kappa shape index (κ1) is 13.3. The highest BCUT2D eigenvalue weighted by molar-refractivity contribution is 5.97. The van der Waals surface area contributed by atoms with Crippen molar-refractivity contribution >= 4 is 17.6 Å². The van der Waals surface area contributed by atoms with Gasteiger partial charge >= 0.3 is 5.97 Å². The number of carboxylic acids is 1. The standard InChI is InChI=1S/C12H15N3O4/c1-5-11(16)15-7-4-6(2-3-8(7)19-5)9(13)10(14)12(17)18/h2-5,9-10H,13-14H2,1H3,(H,15,16)(H,17,18). The van der Waals surface area contributed by atoms with E-state index in [1.807, 2.05) is 0 Å². The quantitative estimate of drug-likeness (QED) is 0.600. The Morgan fingerprint density at radius 2 is 2.16 bits per heavy atom. The maximum absolute atomic E-state index is 11.5. The summed E-state index contributed by atoms with van der Waals surface area (Å²) in [5.74, 6) is -0.924. The summed E-state index contributed by atoms with van der Waals surface area (Å²) < 4.78 is 5.39. The molecule has 3 unspecified atom stereocenters. The van der Waals surface area contributed by atoms with Crippen molar-refractivity contribution in [3.63, 3.8) is 0 Å². The van der Waals surface area contributed by atoms with E-state index in [0.29, 0.717) is 17.0 Å². The molecule has 102 valence electrons. The molecule has 1 aromatic rings. The molecule has 1 aliphatic heterocycles. The Balaban J connectivity index is 2.29. The number of benzene rings is 1. The summed E-state index contributed by atoms with van der Waals surface area (Å²) >= 11 is 0. The molecule has 19 heavy (non-hydrogen) atoms. The molecule has 0 fully saturated rings. The molecule has 0 saturated heterocycles. The molecule has 0 radical (unpaired) electrons. The zero-order chi connectivity index (χ0) is 14.2. The van der Waals surface area contributed by atoms with Crippen LogP contribution < -0.4 is 21.5 Å². The minimum atomic E-state index is -1.21. The maximum atomic E-state index is 11.5. The number of fused-ring (bicyclic) bond motifs is 1. The molecule has 1 amide bonds. The van der Waals surface area contributed by atoms with Crippen LogP contribution in [-0.2, 0) is 9.59 Å². The van der Waals surface area contributed by atoms with Crippen LogP contribution in [0.25, 0.3) is 0 Å². The first-order valence-electron chi connectivity index (χ1n) is 5.75. The van der Waals surface area contributed by atoms with Gasteiger partial charge in [-0.1, -0.05) is 6.07 Å². The molecule has 0 saturated carbocycles. The fraction of sp³-hybridized carbons (Fsp3) is 0.333. The average Bonchev–Trinajstić information content (AvgIpc) is 2.37. The molecule has 0 aromatic heterocycles. The summed E-state index contributed by atoms with van der Waals surface area (Å²) in [6.07, 6.45) is -0.562. The van der Waals surface area contributed by atoms with Gasteiger partial charge in [0.1, 0.15) is 11.8 Å². The van der Waals surface area contributed by atoms with Crippen molar-refractivity contribution in [2.24, 2.45) is 11.5 Å². The highest BCUT2D eigenvalue weighted by Gasteiger charge is 2.26. The van der Waals surface area contributed by atoms with Gasteiger partial charge < -0.3 is 26.6 Å². The third-order valence-corrected chi connectivity index (χ3v) is 2.99. The van der Waals surface area contributed by atoms with Gasteiger partial charge in [-0.15, -0.1) is 0 Å². The van der Waals surface area contributed by atoms with Crippen molar-refractivity contribution < 1.29 is 19.4 Å². The Kier molecular flexibility index (Phi) is 3.41. The summed E-state index contributed by atoms with van der Waals surface area (Å²) in [6.45, 7) is 1.64. The minimum absolute atomic E-state index is 0.263. The van der Waals surface area contributed by atoms with Crippen LogP contribution >= 0.6 is 0 Å². The van der Waals surface area contributed by atoms with Crippen molar-refractivity contribution in [1.82, 2.24) is 0 Å². The minimum Gasteiger partial charge on any atom is -0.480 e. The highest BCUT2D eigenvalue weighted by Crippen LogP contribution is 2.32. The summed E-state index contributed by atoms with van der Waals surface area (Å²) in [4.78, 5) is 22.3. The van der Waals surface area contributed by atoms with E-state index in [1.165, 1.54) is 0 Å². The Bertz CT molecular complexity index is 532. The number of nitrogens with one attached hydrogen (secondary N) is 1. The topological polar surface area (TPSA) is 128 Å². The monoisotopic (exact) mass is 265 g/mol. The molecule has 1 aliphatic rings. The molecule has 7 heteroatoms. The first-order valence-corrected chi connectivity index (χ1v) is 5.75. The van der Waals surface area contributed by atoms with Crippen molar-refractivity contribution in [3.05, 3.63) is 23.8 Å². The van der Waals surface area contributed by atoms with Crippen LogP contribution in [-0.4, -0.2) is 29.1 Å². The van der Waals surface area contributed by atoms with Crippen molar-refractivity contribution in [2.75, 3.05) is 5.32 Å². The van der Waals surface area contributed by atoms with Gasteiger partial charge in [-0.3, -0.25) is 9.59 Å². The molecule has 0 spiro atoms. The number of hydrogen-bond acceptors (Lipinski definition) is 5. The lowest BCUT2D eigenvalue weighted by Crippen LogP contribution is -2.41. The number of carboxylic acid groups (broad SMARTS) is 1. The number of nitrogens with two attached hydrogens (primary N) is 2. The third-order valence-electron chi connectivity index (χ3n) is 2.99. The Morgan fingerprint density at radius 3 is 2.79 bits per heavy atom. The predicted octanol–water partition coefficient (Wildman–Crippen LogP) is -0.182. The van der Waals surface area contributed by atoms with Gasteiger partial charge in [-0.25, -0.2) is 0 Å². The molecule has 2 rings (SSSR count). The van der Waals surface area contributed by atoms with Crippen LogP contribution in [0, 0.1) is 0 Å². The number of carbonyl (C=O) groups is 2. The normalized spacial score (nSPS) is 20.8. The van der Waals surface area contributed by atoms with E-state index in [0.717, 1.165) is 0 Å². The van der Waals surface area contributed by atoms with E-state index in [9.17, 15) is 9.59 Å². The van der Waals surface area contributed by atoms with Crippen LogP contribution in [0.4, 0.5) is 5.69 Å². The average molecular weight is 265 g/mol. The molecule has 1 aromatic carbocycles. The fourth-order valence-corrected chi connectivity index (χ4v) is 1.79. The second kappa shape index (κ2) is 4.87. The number of amides is 1. The molecule has 0 bridgehead atoms. The van der Waals surface area contributed by atoms with Gasteiger partial charge in [0, 0.05) is 0 Å². The zero-order valence-corrected chi connectivity index (χ0v) is 10.3. The summed E-state index contributed by atoms with van der Waals surface area (Å²) in [5.41, 5.74) is 12.2. The maximum Gasteiger partial charge on any atom is 0.322 e. The van der Waals surface area contributed by atoms with E-state index < -0.39 is 24.2 Å². The SMILES string of the molecule is CC1Oc2ccc(C(N)C(N)C(=O)O)cc2NC1=O. The van der Waals surface area contributed by atoms with Crippen molar-refractivity contribution in [2.45, 2.75) is 25.1 Å². The number of anilines is 1. The Morgan fingerprint density at radius 1 is 1.47 bits per heavy atom. The Hall–Kier alpha value is -2.12. The summed E-state index contributed by atoms with van der Waals surface area (Å²) in [6, 6.07) is 2.77. The third kappa shape index (κ3) is 2.51. The number of hydrogen-bond donors (Lipinski definition) is 4. The van der Waals surface area contributed by atoms with Crippen molar-refractivity contribution in [3.8, 4) is 5.75 Å². The number of carbonyl (C=O) groups excluding carboxylic acids is 1. The fourth-order valence-electron chi connectivity index (χ4n) is 1.79. The lowest BCUT2D eigenvalue weighted by molar-refractivity contribution is -0.139. The Labute approximate surface area is 109 Å². The van der Waals surface area contributed by atoms with E-state index in [2.05, 4.69) is 5.32 Å². The van der Waals surface area contributed by atoms with Crippen LogP contribution in [0.2, 0.25) is 0 Å². The van der Waals surface area contributed by atoms with Gasteiger partial charge in [0.15, 0.2) is 6.10 Å². The van der Waals surface area contributed by atoms with Crippen molar-refractivity contribution in [1.29, 1.82) is 0 Å². The van der Waals surface area contributed by atoms with Crippen LogP contribution in [0.5, 0.6) is 5.75 Å². The summed E-state index contributed by atoms with van der Waals surface area (Å²) in [7, 11) is 0. The number of rotatable bonds is 3. The molecule has 0 aliphatic carbocycles. The number of aliphatic carboxylic acids is 1. The van der Waals surface area contributed by atoms with E-state index >= 15 is 0 Å². The first-order chi connectivity index (χ1) is 8.90. The van der Waals surface area contributed by atoms with E-state index in [-0.39, 0.29) is 5.91 Å². The van der Waals surface area contributed by atoms with E-state index in [4.69, 9.17) is 21.3 Å². The number of ether oxygens (including phenoxy) is 1. The molecular weight excluding hydrogens is 250 g/mol. The second-order valence-corrected chi connectivity index (χ2v) is 4.39. The highest BCUT2D eigenvalue weighted by atomic mass is 16.5. The molecule has 1 heterocycles. The summed E-state index contributed by atoms with van der Waals surface area (Å²) in [5, 5.41) is 11.5. The molecule has 7 nitrogen and oxygen atoms in total.